The summed E-state index contributed by atoms with van der Waals surface area (Å²) in [6.45, 7) is 1.36. The molecule has 90 valence electrons. The van der Waals surface area contributed by atoms with Gasteiger partial charge in [0.1, 0.15) is 0 Å². The van der Waals surface area contributed by atoms with Crippen molar-refractivity contribution in [2.45, 2.75) is 18.9 Å². The number of hydrogen-bond acceptors (Lipinski definition) is 3. The minimum absolute atomic E-state index is 0.162. The second kappa shape index (κ2) is 4.76. The van der Waals surface area contributed by atoms with E-state index in [9.17, 15) is 8.78 Å². The van der Waals surface area contributed by atoms with Gasteiger partial charge in [0.2, 0.25) is 5.82 Å². The van der Waals surface area contributed by atoms with Crippen LogP contribution < -0.4 is 10.5 Å². The van der Waals surface area contributed by atoms with Gasteiger partial charge in [0.25, 0.3) is 0 Å². The molecular weight excluding hydrogens is 216 g/mol. The molecule has 0 aromatic heterocycles. The molecule has 0 bridgehead atoms. The Morgan fingerprint density at radius 2 is 2.06 bits per heavy atom. The van der Waals surface area contributed by atoms with E-state index in [0.717, 1.165) is 6.07 Å². The van der Waals surface area contributed by atoms with E-state index < -0.39 is 17.2 Å². The Bertz CT molecular complexity index is 380. The van der Waals surface area contributed by atoms with Crippen molar-refractivity contribution in [3.8, 4) is 5.75 Å². The number of aliphatic hydroxyl groups is 1. The summed E-state index contributed by atoms with van der Waals surface area (Å²) < 4.78 is 31.1. The number of rotatable bonds is 4. The molecule has 16 heavy (non-hydrogen) atoms. The maximum absolute atomic E-state index is 13.3. The topological polar surface area (TPSA) is 55.5 Å². The zero-order valence-corrected chi connectivity index (χ0v) is 9.26. The smallest absolute Gasteiger partial charge is 0.200 e. The van der Waals surface area contributed by atoms with Crippen LogP contribution in [0.25, 0.3) is 0 Å². The first-order valence-electron chi connectivity index (χ1n) is 4.82. The molecule has 5 heteroatoms. The summed E-state index contributed by atoms with van der Waals surface area (Å²) in [5.74, 6) is -2.16. The molecule has 0 fully saturated rings. The highest BCUT2D eigenvalue weighted by Crippen LogP contribution is 2.27. The molecule has 1 rings (SSSR count). The van der Waals surface area contributed by atoms with Crippen LogP contribution in [0.15, 0.2) is 12.1 Å². The molecule has 3 nitrogen and oxygen atoms in total. The molecule has 0 aliphatic carbocycles. The summed E-state index contributed by atoms with van der Waals surface area (Å²) >= 11 is 0. The Morgan fingerprint density at radius 3 is 2.56 bits per heavy atom. The quantitative estimate of drug-likeness (QED) is 0.819. The molecule has 0 radical (unpaired) electrons. The van der Waals surface area contributed by atoms with Gasteiger partial charge in [0.05, 0.1) is 13.7 Å². The summed E-state index contributed by atoms with van der Waals surface area (Å²) in [7, 11) is 1.26. The van der Waals surface area contributed by atoms with Gasteiger partial charge in [-0.25, -0.2) is 4.39 Å². The average Bonchev–Trinajstić information content (AvgIpc) is 2.24. The average molecular weight is 231 g/mol. The van der Waals surface area contributed by atoms with Crippen LogP contribution in [0.3, 0.4) is 0 Å². The minimum atomic E-state index is -1.03. The van der Waals surface area contributed by atoms with E-state index in [1.165, 1.54) is 13.2 Å². The van der Waals surface area contributed by atoms with E-state index in [2.05, 4.69) is 0 Å². The summed E-state index contributed by atoms with van der Waals surface area (Å²) in [4.78, 5) is 0. The molecule has 0 heterocycles. The number of ether oxygens (including phenoxy) is 1. The predicted octanol–water partition coefficient (Wildman–Crippen LogP) is 1.23. The zero-order valence-electron chi connectivity index (χ0n) is 9.26. The molecule has 1 aromatic rings. The Labute approximate surface area is 92.8 Å². The van der Waals surface area contributed by atoms with Crippen molar-refractivity contribution >= 4 is 0 Å². The summed E-state index contributed by atoms with van der Waals surface area (Å²) in [6, 6.07) is 2.42. The fraction of sp³-hybridized carbons (Fsp3) is 0.455. The lowest BCUT2D eigenvalue weighted by atomic mass is 9.94. The van der Waals surface area contributed by atoms with Crippen LogP contribution in [0.1, 0.15) is 12.5 Å². The monoisotopic (exact) mass is 231 g/mol. The Balaban J connectivity index is 3.10. The van der Waals surface area contributed by atoms with E-state index >= 15 is 0 Å². The van der Waals surface area contributed by atoms with Gasteiger partial charge in [-0.2, -0.15) is 4.39 Å². The van der Waals surface area contributed by atoms with Crippen LogP contribution >= 0.6 is 0 Å². The summed E-state index contributed by atoms with van der Waals surface area (Å²) in [5, 5.41) is 9.01. The van der Waals surface area contributed by atoms with Crippen molar-refractivity contribution in [3.05, 3.63) is 29.3 Å². The first kappa shape index (κ1) is 12.9. The first-order chi connectivity index (χ1) is 7.41. The van der Waals surface area contributed by atoms with Crippen molar-refractivity contribution in [3.63, 3.8) is 0 Å². The number of hydrogen-bond donors (Lipinski definition) is 2. The molecule has 0 amide bonds. The van der Waals surface area contributed by atoms with Gasteiger partial charge in [-0.05, 0) is 25.0 Å². The molecule has 0 saturated carbocycles. The Kier molecular flexibility index (Phi) is 3.83. The van der Waals surface area contributed by atoms with Crippen molar-refractivity contribution in [1.82, 2.24) is 0 Å². The lowest BCUT2D eigenvalue weighted by Gasteiger charge is -2.22. The fourth-order valence-electron chi connectivity index (χ4n) is 1.42. The van der Waals surface area contributed by atoms with E-state index in [0.29, 0.717) is 5.56 Å². The molecule has 1 aromatic carbocycles. The molecular formula is C11H15F2NO2. The second-order valence-electron chi connectivity index (χ2n) is 4.04. The van der Waals surface area contributed by atoms with E-state index in [1.54, 1.807) is 6.92 Å². The van der Waals surface area contributed by atoms with Crippen LogP contribution in [0.5, 0.6) is 5.75 Å². The number of aliphatic hydroxyl groups excluding tert-OH is 1. The van der Waals surface area contributed by atoms with Crippen molar-refractivity contribution in [2.75, 3.05) is 13.7 Å². The van der Waals surface area contributed by atoms with Gasteiger partial charge >= 0.3 is 0 Å². The highest BCUT2D eigenvalue weighted by Gasteiger charge is 2.22. The number of benzene rings is 1. The van der Waals surface area contributed by atoms with Gasteiger partial charge < -0.3 is 15.6 Å². The minimum Gasteiger partial charge on any atom is -0.493 e. The van der Waals surface area contributed by atoms with Crippen LogP contribution in [0, 0.1) is 11.6 Å². The standard InChI is InChI=1S/C11H15F2NO2/c1-11(14,6-15)5-7-3-4-8(12)9(13)10(7)16-2/h3-4,15H,5-6,14H2,1-2H3. The fourth-order valence-corrected chi connectivity index (χ4v) is 1.42. The molecule has 0 spiro atoms. The lowest BCUT2D eigenvalue weighted by Crippen LogP contribution is -2.42. The molecule has 0 saturated heterocycles. The van der Waals surface area contributed by atoms with Gasteiger partial charge in [-0.15, -0.1) is 0 Å². The third-order valence-electron chi connectivity index (χ3n) is 2.29. The zero-order chi connectivity index (χ0) is 12.3. The third-order valence-corrected chi connectivity index (χ3v) is 2.29. The van der Waals surface area contributed by atoms with Crippen molar-refractivity contribution < 1.29 is 18.6 Å². The second-order valence-corrected chi connectivity index (χ2v) is 4.04. The third kappa shape index (κ3) is 2.68. The first-order valence-corrected chi connectivity index (χ1v) is 4.82. The number of halogens is 2. The van der Waals surface area contributed by atoms with Gasteiger partial charge in [-0.1, -0.05) is 6.07 Å². The van der Waals surface area contributed by atoms with Gasteiger partial charge in [-0.3, -0.25) is 0 Å². The van der Waals surface area contributed by atoms with Crippen molar-refractivity contribution in [1.29, 1.82) is 0 Å². The van der Waals surface area contributed by atoms with Crippen LogP contribution in [-0.4, -0.2) is 24.4 Å². The largest absolute Gasteiger partial charge is 0.493 e. The van der Waals surface area contributed by atoms with Crippen LogP contribution in [0.4, 0.5) is 8.78 Å². The maximum atomic E-state index is 13.3. The molecule has 3 N–H and O–H groups in total. The molecule has 1 unspecified atom stereocenters. The number of nitrogens with two attached hydrogens (primary N) is 1. The van der Waals surface area contributed by atoms with Crippen molar-refractivity contribution in [2.24, 2.45) is 5.73 Å². The SMILES string of the molecule is COc1c(CC(C)(N)CO)ccc(F)c1F. The highest BCUT2D eigenvalue weighted by molar-refractivity contribution is 5.37. The maximum Gasteiger partial charge on any atom is 0.200 e. The van der Waals surface area contributed by atoms with Crippen LogP contribution in [0.2, 0.25) is 0 Å². The van der Waals surface area contributed by atoms with E-state index in [-0.39, 0.29) is 18.8 Å². The lowest BCUT2D eigenvalue weighted by molar-refractivity contribution is 0.206. The highest BCUT2D eigenvalue weighted by atomic mass is 19.2. The van der Waals surface area contributed by atoms with Gasteiger partial charge in [0, 0.05) is 5.54 Å². The predicted molar refractivity (Wildman–Crippen MR) is 56.3 cm³/mol. The van der Waals surface area contributed by atoms with Crippen LogP contribution in [-0.2, 0) is 6.42 Å². The Hall–Kier alpha value is -1.20. The Morgan fingerprint density at radius 1 is 1.44 bits per heavy atom. The number of methoxy groups -OCH3 is 1. The normalized spacial score (nSPS) is 14.6. The van der Waals surface area contributed by atoms with Gasteiger partial charge in [0.15, 0.2) is 11.6 Å². The summed E-state index contributed by atoms with van der Waals surface area (Å²) in [5.41, 5.74) is 5.28. The molecule has 0 aliphatic rings. The van der Waals surface area contributed by atoms with E-state index in [1.807, 2.05) is 0 Å². The molecule has 1 atom stereocenters. The van der Waals surface area contributed by atoms with E-state index in [4.69, 9.17) is 15.6 Å². The summed E-state index contributed by atoms with van der Waals surface area (Å²) in [6.07, 6.45) is 0.198. The molecule has 0 aliphatic heterocycles.